The topological polar surface area (TPSA) is 9.23 Å². The molecule has 1 nitrogen and oxygen atoms in total. The average Bonchev–Trinajstić information content (AvgIpc) is 1.80. The molecular weight excluding hydrogens is 144 g/mol. The van der Waals surface area contributed by atoms with E-state index in [1.165, 1.54) is 0 Å². The summed E-state index contributed by atoms with van der Waals surface area (Å²) in [5, 5.41) is 0. The molecule has 62 valence electrons. The maximum Gasteiger partial charge on any atom is 0.0503 e. The third-order valence-corrected chi connectivity index (χ3v) is 2.25. The first-order chi connectivity index (χ1) is 4.52. The molecule has 0 rings (SSSR count). The van der Waals surface area contributed by atoms with Gasteiger partial charge in [0.15, 0.2) is 0 Å². The van der Waals surface area contributed by atoms with Gasteiger partial charge in [-0.05, 0) is 17.1 Å². The van der Waals surface area contributed by atoms with Gasteiger partial charge < -0.3 is 4.74 Å². The smallest absolute Gasteiger partial charge is 0.0503 e. The largest absolute Gasteiger partial charge is 0.384 e. The lowest BCUT2D eigenvalue weighted by Gasteiger charge is -2.28. The van der Waals surface area contributed by atoms with Crippen LogP contribution < -0.4 is 0 Å². The van der Waals surface area contributed by atoms with Gasteiger partial charge in [-0.3, -0.25) is 0 Å². The van der Waals surface area contributed by atoms with Gasteiger partial charge in [0.1, 0.15) is 0 Å². The Morgan fingerprint density at radius 1 is 1.40 bits per heavy atom. The van der Waals surface area contributed by atoms with E-state index in [1.54, 1.807) is 7.11 Å². The Labute approximate surface area is 69.6 Å². The quantitative estimate of drug-likeness (QED) is 0.626. The second-order valence-electron chi connectivity index (χ2n) is 3.70. The van der Waals surface area contributed by atoms with E-state index >= 15 is 0 Å². The van der Waals surface area contributed by atoms with Crippen molar-refractivity contribution in [2.75, 3.05) is 19.5 Å². The molecule has 0 heterocycles. The lowest BCUT2D eigenvalue weighted by molar-refractivity contribution is 0.104. The molecule has 0 bridgehead atoms. The fraction of sp³-hybridized carbons (Fsp3) is 1.00. The summed E-state index contributed by atoms with van der Waals surface area (Å²) in [5.74, 6) is 1.46. The minimum absolute atomic E-state index is 0.317. The summed E-state index contributed by atoms with van der Waals surface area (Å²) in [5.41, 5.74) is 0.317. The fourth-order valence-corrected chi connectivity index (χ4v) is 1.43. The Balaban J connectivity index is 3.81. The molecule has 0 saturated heterocycles. The van der Waals surface area contributed by atoms with Crippen LogP contribution in [0.5, 0.6) is 0 Å². The minimum atomic E-state index is 0.317. The molecule has 0 saturated carbocycles. The highest BCUT2D eigenvalue weighted by Crippen LogP contribution is 2.26. The number of hydrogen-bond donors (Lipinski definition) is 1. The molecule has 0 N–H and O–H groups in total. The van der Waals surface area contributed by atoms with Gasteiger partial charge in [-0.2, -0.15) is 12.6 Å². The monoisotopic (exact) mass is 162 g/mol. The van der Waals surface area contributed by atoms with Gasteiger partial charge in [-0.15, -0.1) is 0 Å². The standard InChI is InChI=1S/C8H18OS/c1-8(2,3)7(6-10)5-9-4/h7,10H,5-6H2,1-4H3. The van der Waals surface area contributed by atoms with Gasteiger partial charge in [-0.1, -0.05) is 20.8 Å². The van der Waals surface area contributed by atoms with Gasteiger partial charge in [0.05, 0.1) is 6.61 Å². The Morgan fingerprint density at radius 2 is 1.90 bits per heavy atom. The molecule has 0 aliphatic rings. The Bertz CT molecular complexity index is 85.7. The van der Waals surface area contributed by atoms with Crippen LogP contribution in [-0.2, 0) is 4.74 Å². The number of methoxy groups -OCH3 is 1. The number of hydrogen-bond acceptors (Lipinski definition) is 2. The first-order valence-electron chi connectivity index (χ1n) is 3.62. The zero-order valence-electron chi connectivity index (χ0n) is 7.35. The highest BCUT2D eigenvalue weighted by Gasteiger charge is 2.22. The van der Waals surface area contributed by atoms with Gasteiger partial charge in [-0.25, -0.2) is 0 Å². The van der Waals surface area contributed by atoms with Crippen molar-refractivity contribution >= 4 is 12.6 Å². The highest BCUT2D eigenvalue weighted by atomic mass is 32.1. The summed E-state index contributed by atoms with van der Waals surface area (Å²) < 4.78 is 5.07. The molecule has 0 spiro atoms. The molecule has 1 atom stereocenters. The highest BCUT2D eigenvalue weighted by molar-refractivity contribution is 7.80. The van der Waals surface area contributed by atoms with E-state index in [-0.39, 0.29) is 0 Å². The van der Waals surface area contributed by atoms with E-state index in [0.717, 1.165) is 12.4 Å². The number of rotatable bonds is 3. The first kappa shape index (κ1) is 10.3. The molecule has 0 radical (unpaired) electrons. The predicted octanol–water partition coefficient (Wildman–Crippen LogP) is 2.22. The maximum absolute atomic E-state index is 5.07. The van der Waals surface area contributed by atoms with Crippen LogP contribution in [0, 0.1) is 11.3 Å². The van der Waals surface area contributed by atoms with Crippen LogP contribution >= 0.6 is 12.6 Å². The van der Waals surface area contributed by atoms with Crippen molar-refractivity contribution in [3.05, 3.63) is 0 Å². The summed E-state index contributed by atoms with van der Waals surface area (Å²) >= 11 is 4.26. The van der Waals surface area contributed by atoms with Crippen LogP contribution in [0.4, 0.5) is 0 Å². The molecule has 0 aliphatic heterocycles. The van der Waals surface area contributed by atoms with Crippen molar-refractivity contribution < 1.29 is 4.74 Å². The third-order valence-electron chi connectivity index (χ3n) is 1.81. The Kier molecular flexibility index (Phi) is 4.37. The summed E-state index contributed by atoms with van der Waals surface area (Å²) in [6.07, 6.45) is 0. The van der Waals surface area contributed by atoms with Crippen molar-refractivity contribution in [3.63, 3.8) is 0 Å². The van der Waals surface area contributed by atoms with Crippen LogP contribution in [-0.4, -0.2) is 19.5 Å². The van der Waals surface area contributed by atoms with E-state index in [9.17, 15) is 0 Å². The zero-order valence-corrected chi connectivity index (χ0v) is 8.24. The van der Waals surface area contributed by atoms with Crippen LogP contribution in [0.2, 0.25) is 0 Å². The second-order valence-corrected chi connectivity index (χ2v) is 4.07. The van der Waals surface area contributed by atoms with Gasteiger partial charge in [0, 0.05) is 7.11 Å². The van der Waals surface area contributed by atoms with E-state index in [1.807, 2.05) is 0 Å². The number of ether oxygens (including phenoxy) is 1. The molecule has 0 aromatic rings. The Morgan fingerprint density at radius 3 is 2.00 bits per heavy atom. The average molecular weight is 162 g/mol. The summed E-state index contributed by atoms with van der Waals surface area (Å²) in [6.45, 7) is 7.46. The molecular formula is C8H18OS. The van der Waals surface area contributed by atoms with Crippen molar-refractivity contribution in [1.29, 1.82) is 0 Å². The lowest BCUT2D eigenvalue weighted by Crippen LogP contribution is -2.26. The van der Waals surface area contributed by atoms with E-state index in [2.05, 4.69) is 33.4 Å². The van der Waals surface area contributed by atoms with Crippen molar-refractivity contribution in [2.24, 2.45) is 11.3 Å². The van der Waals surface area contributed by atoms with Crippen LogP contribution in [0.25, 0.3) is 0 Å². The van der Waals surface area contributed by atoms with Crippen LogP contribution in [0.1, 0.15) is 20.8 Å². The molecule has 1 unspecified atom stereocenters. The van der Waals surface area contributed by atoms with Crippen molar-refractivity contribution in [3.8, 4) is 0 Å². The van der Waals surface area contributed by atoms with Crippen LogP contribution in [0.3, 0.4) is 0 Å². The molecule has 2 heteroatoms. The van der Waals surface area contributed by atoms with E-state index in [4.69, 9.17) is 4.74 Å². The molecule has 0 amide bonds. The van der Waals surface area contributed by atoms with Crippen LogP contribution in [0.15, 0.2) is 0 Å². The van der Waals surface area contributed by atoms with Crippen molar-refractivity contribution in [2.45, 2.75) is 20.8 Å². The molecule has 0 fully saturated rings. The van der Waals surface area contributed by atoms with Gasteiger partial charge in [0.25, 0.3) is 0 Å². The summed E-state index contributed by atoms with van der Waals surface area (Å²) in [7, 11) is 1.74. The maximum atomic E-state index is 5.07. The predicted molar refractivity (Wildman–Crippen MR) is 48.7 cm³/mol. The fourth-order valence-electron chi connectivity index (χ4n) is 0.778. The molecule has 0 aromatic heterocycles. The summed E-state index contributed by atoms with van der Waals surface area (Å²) in [4.78, 5) is 0. The normalized spacial score (nSPS) is 15.3. The number of thiol groups is 1. The van der Waals surface area contributed by atoms with Gasteiger partial charge in [0.2, 0.25) is 0 Å². The van der Waals surface area contributed by atoms with Gasteiger partial charge >= 0.3 is 0 Å². The van der Waals surface area contributed by atoms with E-state index < -0.39 is 0 Å². The zero-order chi connectivity index (χ0) is 8.20. The molecule has 0 aromatic carbocycles. The third kappa shape index (κ3) is 3.47. The second kappa shape index (κ2) is 4.24. The Hall–Kier alpha value is 0.310. The first-order valence-corrected chi connectivity index (χ1v) is 4.25. The minimum Gasteiger partial charge on any atom is -0.384 e. The summed E-state index contributed by atoms with van der Waals surface area (Å²) in [6, 6.07) is 0. The van der Waals surface area contributed by atoms with E-state index in [0.29, 0.717) is 11.3 Å². The molecule has 10 heavy (non-hydrogen) atoms. The van der Waals surface area contributed by atoms with Crippen molar-refractivity contribution in [1.82, 2.24) is 0 Å². The lowest BCUT2D eigenvalue weighted by atomic mass is 9.82. The molecule has 0 aliphatic carbocycles. The SMILES string of the molecule is COCC(CS)C(C)(C)C.